The van der Waals surface area contributed by atoms with E-state index in [1.165, 1.54) is 0 Å². The Bertz CT molecular complexity index is 267. The van der Waals surface area contributed by atoms with Gasteiger partial charge >= 0.3 is 0 Å². The fraction of sp³-hybridized carbons (Fsp3) is 0.800. The zero-order chi connectivity index (χ0) is 10.6. The number of nitrogens with zero attached hydrogens (tertiary/aromatic N) is 3. The zero-order valence-corrected chi connectivity index (χ0v) is 9.27. The van der Waals surface area contributed by atoms with Crippen LogP contribution in [0.5, 0.6) is 0 Å². The van der Waals surface area contributed by atoms with Gasteiger partial charge in [0, 0.05) is 18.5 Å². The number of aryl methyl sites for hydroxylation is 1. The molecular weight excluding hydrogens is 176 g/mol. The SMILES string of the molecule is CCC(N)CCc1ncnn1C(C)C. The predicted octanol–water partition coefficient (Wildman–Crippen LogP) is 1.53. The molecule has 0 aliphatic carbocycles. The molecule has 1 unspecified atom stereocenters. The topological polar surface area (TPSA) is 56.7 Å². The summed E-state index contributed by atoms with van der Waals surface area (Å²) < 4.78 is 1.96. The Hall–Kier alpha value is -0.900. The normalized spacial score (nSPS) is 13.5. The first kappa shape index (κ1) is 11.2. The maximum Gasteiger partial charge on any atom is 0.138 e. The van der Waals surface area contributed by atoms with Crippen molar-refractivity contribution in [1.29, 1.82) is 0 Å². The Morgan fingerprint density at radius 3 is 2.79 bits per heavy atom. The third-order valence-electron chi connectivity index (χ3n) is 2.40. The fourth-order valence-electron chi connectivity index (χ4n) is 1.40. The summed E-state index contributed by atoms with van der Waals surface area (Å²) in [6, 6.07) is 0.665. The van der Waals surface area contributed by atoms with Crippen LogP contribution in [-0.4, -0.2) is 20.8 Å². The van der Waals surface area contributed by atoms with Gasteiger partial charge in [0.1, 0.15) is 12.2 Å². The summed E-state index contributed by atoms with van der Waals surface area (Å²) in [5, 5.41) is 4.18. The molecule has 0 radical (unpaired) electrons. The lowest BCUT2D eigenvalue weighted by Crippen LogP contribution is -2.20. The number of nitrogens with two attached hydrogens (primary N) is 1. The van der Waals surface area contributed by atoms with Gasteiger partial charge in [0.25, 0.3) is 0 Å². The van der Waals surface area contributed by atoms with Crippen molar-refractivity contribution in [2.24, 2.45) is 5.73 Å². The smallest absolute Gasteiger partial charge is 0.138 e. The van der Waals surface area contributed by atoms with Crippen molar-refractivity contribution >= 4 is 0 Å². The molecule has 4 nitrogen and oxygen atoms in total. The van der Waals surface area contributed by atoms with E-state index in [0.29, 0.717) is 6.04 Å². The summed E-state index contributed by atoms with van der Waals surface area (Å²) in [4.78, 5) is 4.24. The van der Waals surface area contributed by atoms with Crippen LogP contribution in [0.15, 0.2) is 6.33 Å². The van der Waals surface area contributed by atoms with Gasteiger partial charge in [-0.3, -0.25) is 0 Å². The van der Waals surface area contributed by atoms with Crippen LogP contribution in [0, 0.1) is 0 Å². The van der Waals surface area contributed by atoms with Gasteiger partial charge in [-0.15, -0.1) is 0 Å². The van der Waals surface area contributed by atoms with Gasteiger partial charge in [-0.2, -0.15) is 5.10 Å². The standard InChI is InChI=1S/C10H20N4/c1-4-9(11)5-6-10-12-7-13-14(10)8(2)3/h7-9H,4-6,11H2,1-3H3. The maximum absolute atomic E-state index is 5.86. The van der Waals surface area contributed by atoms with Gasteiger partial charge in [0.2, 0.25) is 0 Å². The molecule has 80 valence electrons. The molecule has 0 aliphatic rings. The summed E-state index contributed by atoms with van der Waals surface area (Å²) in [6.07, 6.45) is 4.55. The zero-order valence-electron chi connectivity index (χ0n) is 9.27. The highest BCUT2D eigenvalue weighted by Crippen LogP contribution is 2.08. The van der Waals surface area contributed by atoms with Gasteiger partial charge < -0.3 is 5.73 Å². The molecule has 4 heteroatoms. The summed E-state index contributed by atoms with van der Waals surface area (Å²) in [5.41, 5.74) is 5.86. The quantitative estimate of drug-likeness (QED) is 0.777. The fourth-order valence-corrected chi connectivity index (χ4v) is 1.40. The number of rotatable bonds is 5. The van der Waals surface area contributed by atoms with E-state index < -0.39 is 0 Å². The highest BCUT2D eigenvalue weighted by atomic mass is 15.3. The summed E-state index contributed by atoms with van der Waals surface area (Å²) in [5.74, 6) is 1.05. The largest absolute Gasteiger partial charge is 0.328 e. The predicted molar refractivity (Wildman–Crippen MR) is 57.0 cm³/mol. The van der Waals surface area contributed by atoms with Gasteiger partial charge in [-0.1, -0.05) is 6.92 Å². The first-order chi connectivity index (χ1) is 6.65. The molecule has 0 amide bonds. The highest BCUT2D eigenvalue weighted by molar-refractivity contribution is 4.87. The monoisotopic (exact) mass is 196 g/mol. The Labute approximate surface area is 85.5 Å². The van der Waals surface area contributed by atoms with Crippen molar-refractivity contribution in [2.75, 3.05) is 0 Å². The molecule has 0 saturated carbocycles. The van der Waals surface area contributed by atoms with Crippen LogP contribution in [0.1, 0.15) is 45.5 Å². The minimum Gasteiger partial charge on any atom is -0.328 e. The van der Waals surface area contributed by atoms with Crippen molar-refractivity contribution in [3.05, 3.63) is 12.2 Å². The van der Waals surface area contributed by atoms with Crippen molar-refractivity contribution in [1.82, 2.24) is 14.8 Å². The molecule has 14 heavy (non-hydrogen) atoms. The van der Waals surface area contributed by atoms with Crippen LogP contribution in [0.2, 0.25) is 0 Å². The molecule has 0 aliphatic heterocycles. The van der Waals surface area contributed by atoms with Crippen LogP contribution in [0.3, 0.4) is 0 Å². The summed E-state index contributed by atoms with van der Waals surface area (Å²) >= 11 is 0. The van der Waals surface area contributed by atoms with Crippen LogP contribution in [0.25, 0.3) is 0 Å². The first-order valence-electron chi connectivity index (χ1n) is 5.29. The third kappa shape index (κ3) is 2.80. The van der Waals surface area contributed by atoms with Gasteiger partial charge in [-0.25, -0.2) is 9.67 Å². The van der Waals surface area contributed by atoms with E-state index in [9.17, 15) is 0 Å². The molecule has 0 spiro atoms. The van der Waals surface area contributed by atoms with E-state index >= 15 is 0 Å². The first-order valence-corrected chi connectivity index (χ1v) is 5.29. The molecule has 0 saturated heterocycles. The second-order valence-electron chi connectivity index (χ2n) is 3.92. The molecule has 1 aromatic rings. The molecule has 0 bridgehead atoms. The second kappa shape index (κ2) is 5.10. The average molecular weight is 196 g/mol. The van der Waals surface area contributed by atoms with Crippen molar-refractivity contribution in [3.63, 3.8) is 0 Å². The maximum atomic E-state index is 5.86. The molecule has 1 rings (SSSR count). The number of hydrogen-bond acceptors (Lipinski definition) is 3. The van der Waals surface area contributed by atoms with Crippen LogP contribution >= 0.6 is 0 Å². The van der Waals surface area contributed by atoms with E-state index in [2.05, 4.69) is 30.9 Å². The number of aromatic nitrogens is 3. The minimum atomic E-state index is 0.285. The molecule has 1 heterocycles. The summed E-state index contributed by atoms with van der Waals surface area (Å²) in [6.45, 7) is 6.33. The van der Waals surface area contributed by atoms with Gasteiger partial charge in [0.15, 0.2) is 0 Å². The Morgan fingerprint density at radius 1 is 1.50 bits per heavy atom. The Balaban J connectivity index is 2.54. The molecular formula is C10H20N4. The van der Waals surface area contributed by atoms with Crippen LogP contribution in [0.4, 0.5) is 0 Å². The van der Waals surface area contributed by atoms with E-state index in [1.807, 2.05) is 4.68 Å². The van der Waals surface area contributed by atoms with Crippen molar-refractivity contribution in [2.45, 2.75) is 52.1 Å². The van der Waals surface area contributed by atoms with Crippen LogP contribution < -0.4 is 5.73 Å². The van der Waals surface area contributed by atoms with Crippen molar-refractivity contribution < 1.29 is 0 Å². The molecule has 0 fully saturated rings. The average Bonchev–Trinajstić information content (AvgIpc) is 2.62. The Kier molecular flexibility index (Phi) is 4.07. The minimum absolute atomic E-state index is 0.285. The van der Waals surface area contributed by atoms with E-state index in [1.54, 1.807) is 6.33 Å². The second-order valence-corrected chi connectivity index (χ2v) is 3.92. The Morgan fingerprint density at radius 2 is 2.21 bits per heavy atom. The molecule has 2 N–H and O–H groups in total. The molecule has 0 aromatic carbocycles. The van der Waals surface area contributed by atoms with Gasteiger partial charge in [-0.05, 0) is 26.7 Å². The third-order valence-corrected chi connectivity index (χ3v) is 2.40. The lowest BCUT2D eigenvalue weighted by Gasteiger charge is -2.11. The summed E-state index contributed by atoms with van der Waals surface area (Å²) in [7, 11) is 0. The van der Waals surface area contributed by atoms with E-state index in [0.717, 1.165) is 25.1 Å². The number of hydrogen-bond donors (Lipinski definition) is 1. The molecule has 1 aromatic heterocycles. The van der Waals surface area contributed by atoms with E-state index in [-0.39, 0.29) is 6.04 Å². The van der Waals surface area contributed by atoms with E-state index in [4.69, 9.17) is 5.73 Å². The lowest BCUT2D eigenvalue weighted by molar-refractivity contribution is 0.488. The van der Waals surface area contributed by atoms with Crippen molar-refractivity contribution in [3.8, 4) is 0 Å². The highest BCUT2D eigenvalue weighted by Gasteiger charge is 2.08. The van der Waals surface area contributed by atoms with Crippen LogP contribution in [-0.2, 0) is 6.42 Å². The molecule has 1 atom stereocenters. The lowest BCUT2D eigenvalue weighted by atomic mass is 10.1. The van der Waals surface area contributed by atoms with Gasteiger partial charge in [0.05, 0.1) is 0 Å².